The number of benzene rings is 3. The largest absolute Gasteiger partial charge is 0.778 e. The Morgan fingerprint density at radius 1 is 1.11 bits per heavy atom. The smallest absolute Gasteiger partial charge is 0.416 e. The molecule has 0 amide bonds. The van der Waals surface area contributed by atoms with Crippen LogP contribution in [0.1, 0.15) is 35.3 Å². The third-order valence-corrected chi connectivity index (χ3v) is 7.64. The zero-order valence-corrected chi connectivity index (χ0v) is 35.4. The van der Waals surface area contributed by atoms with Crippen LogP contribution in [0.4, 0.5) is 18.9 Å². The van der Waals surface area contributed by atoms with Crippen LogP contribution >= 0.6 is 51.1 Å². The second kappa shape index (κ2) is 24.6. The fourth-order valence-electron chi connectivity index (χ4n) is 3.25. The monoisotopic (exact) mass is 981 g/mol. The number of phenolic OH excluding ortho intramolecular Hbond substituents is 1. The van der Waals surface area contributed by atoms with Gasteiger partial charge in [-0.15, -0.1) is 0 Å². The number of aliphatic carboxylic acids is 1. The van der Waals surface area contributed by atoms with Crippen molar-refractivity contribution in [2.45, 2.75) is 26.1 Å². The molecule has 0 spiro atoms. The number of carbonyl (C=O) groups excluding carboxylic acids is 2. The molecule has 0 aliphatic rings. The van der Waals surface area contributed by atoms with Gasteiger partial charge in [-0.2, -0.15) is 18.4 Å². The van der Waals surface area contributed by atoms with Crippen LogP contribution in [-0.2, 0) is 40.7 Å². The second-order valence-corrected chi connectivity index (χ2v) is 16.9. The van der Waals surface area contributed by atoms with E-state index >= 15 is 0 Å². The minimum Gasteiger partial charge on any atom is -0.778 e. The van der Waals surface area contributed by atoms with Crippen molar-refractivity contribution in [3.05, 3.63) is 89.3 Å². The van der Waals surface area contributed by atoms with E-state index in [4.69, 9.17) is 41.1 Å². The molecule has 0 bridgehead atoms. The zero-order valence-electron chi connectivity index (χ0n) is 29.8. The van der Waals surface area contributed by atoms with Crippen molar-refractivity contribution in [1.29, 1.82) is 5.26 Å². The van der Waals surface area contributed by atoms with E-state index in [1.165, 1.54) is 6.92 Å². The Morgan fingerprint density at radius 3 is 2.09 bits per heavy atom. The molecule has 0 saturated carbocycles. The van der Waals surface area contributed by atoms with Gasteiger partial charge < -0.3 is 38.8 Å². The third-order valence-electron chi connectivity index (χ3n) is 5.51. The maximum atomic E-state index is 12.8. The number of alkyl halides is 3. The molecule has 0 aliphatic heterocycles. The molecule has 0 heterocycles. The standard InChI is InChI=1S/C19H15ClF3NO7.C7H3Br2NO.C3H8NO5P.C3H9S/c1-3-29-17(25)10(2)30-18(26)13-9-12(5-6-15(13)24(27)28)31-16-7-4-11(8-14(16)20)19(21,22)23;8-5-1-4(3-10)2-6(9)7(5)11;5-3(6)1-4-2-10(7,8)9;1-4(2)3/h4-10H,3H2,1-2H3;1-2,11H;4H,1-2H2,(H,5,6)(H2,7,8,9);1-3H3/q;;;+1/p-1. The molecule has 308 valence electrons. The second-order valence-electron chi connectivity index (χ2n) is 10.7. The first-order valence-electron chi connectivity index (χ1n) is 15.0. The first-order valence-corrected chi connectivity index (χ1v) is 21.1. The van der Waals surface area contributed by atoms with E-state index in [2.05, 4.69) is 50.6 Å². The fraction of sp³-hybridized carbons (Fsp3) is 0.312. The number of nitro groups is 1. The van der Waals surface area contributed by atoms with E-state index in [1.54, 1.807) is 19.1 Å². The number of nitrogens with zero attached hydrogens (tertiary/aromatic N) is 2. The van der Waals surface area contributed by atoms with Crippen molar-refractivity contribution in [2.24, 2.45) is 0 Å². The number of rotatable bonds is 11. The van der Waals surface area contributed by atoms with Gasteiger partial charge in [0.1, 0.15) is 30.4 Å². The third kappa shape index (κ3) is 20.8. The van der Waals surface area contributed by atoms with E-state index in [1.807, 2.05) is 11.4 Å². The number of carbonyl (C=O) groups is 3. The average Bonchev–Trinajstić information content (AvgIpc) is 3.06. The maximum Gasteiger partial charge on any atom is 0.416 e. The van der Waals surface area contributed by atoms with Crippen LogP contribution in [0.15, 0.2) is 57.5 Å². The number of aromatic hydroxyl groups is 1. The number of halogens is 6. The van der Waals surface area contributed by atoms with Crippen LogP contribution in [0.2, 0.25) is 5.02 Å². The number of hydrogen-bond acceptors (Lipinski definition) is 13. The number of ether oxygens (including phenoxy) is 3. The number of nitriles is 1. The lowest BCUT2D eigenvalue weighted by Crippen LogP contribution is -2.26. The number of phenols is 1. The number of esters is 2. The molecule has 3 rings (SSSR count). The van der Waals surface area contributed by atoms with Gasteiger partial charge in [0, 0.05) is 12.1 Å². The van der Waals surface area contributed by atoms with Gasteiger partial charge in [-0.3, -0.25) is 20.2 Å². The number of nitrogens with one attached hydrogen (secondary N) is 1. The van der Waals surface area contributed by atoms with Crippen LogP contribution in [-0.4, -0.2) is 82.2 Å². The van der Waals surface area contributed by atoms with E-state index in [9.17, 15) is 52.2 Å². The molecule has 4 N–H and O–H groups in total. The van der Waals surface area contributed by atoms with Crippen molar-refractivity contribution in [1.82, 2.24) is 5.32 Å². The summed E-state index contributed by atoms with van der Waals surface area (Å²) in [5.41, 5.74) is -1.67. The summed E-state index contributed by atoms with van der Waals surface area (Å²) in [7, 11) is -3.71. The Labute approximate surface area is 342 Å². The van der Waals surface area contributed by atoms with Crippen molar-refractivity contribution < 1.29 is 71.3 Å². The molecule has 3 aromatic carbocycles. The Morgan fingerprint density at radius 2 is 1.66 bits per heavy atom. The summed E-state index contributed by atoms with van der Waals surface area (Å²) >= 11 is 12.0. The summed E-state index contributed by atoms with van der Waals surface area (Å²) in [5, 5.41) is 38.6. The molecule has 24 heteroatoms. The highest BCUT2D eigenvalue weighted by atomic mass is 79.9. The van der Waals surface area contributed by atoms with Gasteiger partial charge in [0.05, 0.1) is 74.3 Å². The molecule has 3 aromatic rings. The van der Waals surface area contributed by atoms with Gasteiger partial charge in [-0.25, -0.2) is 9.59 Å². The van der Waals surface area contributed by atoms with Gasteiger partial charge in [0.25, 0.3) is 5.69 Å². The molecular weight excluding hydrogens is 950 g/mol. The molecule has 0 aromatic heterocycles. The van der Waals surface area contributed by atoms with Crippen LogP contribution in [0.5, 0.6) is 17.2 Å². The first-order chi connectivity index (χ1) is 25.7. The molecule has 0 fully saturated rings. The molecule has 0 radical (unpaired) electrons. The minimum atomic E-state index is -4.61. The van der Waals surface area contributed by atoms with Crippen molar-refractivity contribution in [2.75, 3.05) is 38.2 Å². The number of carboxylic acid groups (broad SMARTS) is 1. The highest BCUT2D eigenvalue weighted by molar-refractivity contribution is 9.11. The van der Waals surface area contributed by atoms with E-state index in [0.29, 0.717) is 31.5 Å². The van der Waals surface area contributed by atoms with Crippen LogP contribution in [0, 0.1) is 21.4 Å². The predicted octanol–water partition coefficient (Wildman–Crippen LogP) is 6.61. The number of hydrogen-bond donors (Lipinski definition) is 4. The summed E-state index contributed by atoms with van der Waals surface area (Å²) in [4.78, 5) is 62.2. The Hall–Kier alpha value is -3.94. The zero-order chi connectivity index (χ0) is 43.6. The van der Waals surface area contributed by atoms with Crippen molar-refractivity contribution in [3.8, 4) is 23.3 Å². The van der Waals surface area contributed by atoms with Crippen molar-refractivity contribution >= 4 is 85.5 Å². The molecular formula is C32H34Br2ClF3N3O13PS. The average molecular weight is 984 g/mol. The fourth-order valence-corrected chi connectivity index (χ4v) is 5.05. The Bertz CT molecular complexity index is 1910. The summed E-state index contributed by atoms with van der Waals surface area (Å²) in [6, 6.07) is 10.4. The summed E-state index contributed by atoms with van der Waals surface area (Å²) in [6.07, 6.45) is -0.0672. The van der Waals surface area contributed by atoms with Crippen LogP contribution < -0.4 is 14.9 Å². The van der Waals surface area contributed by atoms with E-state index < -0.39 is 72.4 Å². The van der Waals surface area contributed by atoms with Gasteiger partial charge in [0.15, 0.2) is 6.10 Å². The maximum absolute atomic E-state index is 12.8. The first kappa shape index (κ1) is 52.1. The lowest BCUT2D eigenvalue weighted by molar-refractivity contribution is -0.385. The van der Waals surface area contributed by atoms with Crippen LogP contribution in [0.3, 0.4) is 0 Å². The quantitative estimate of drug-likeness (QED) is 0.0518. The van der Waals surface area contributed by atoms with E-state index in [0.717, 1.165) is 30.3 Å². The predicted molar refractivity (Wildman–Crippen MR) is 205 cm³/mol. The van der Waals surface area contributed by atoms with Gasteiger partial charge in [0.2, 0.25) is 0 Å². The van der Waals surface area contributed by atoms with Crippen molar-refractivity contribution in [3.63, 3.8) is 0 Å². The Kier molecular flexibility index (Phi) is 22.9. The molecule has 0 aliphatic carbocycles. The molecule has 2 atom stereocenters. The highest BCUT2D eigenvalue weighted by Crippen LogP contribution is 2.37. The Balaban J connectivity index is 0.000000978. The van der Waals surface area contributed by atoms with Gasteiger partial charge in [-0.1, -0.05) is 11.6 Å². The highest BCUT2D eigenvalue weighted by Gasteiger charge is 2.31. The van der Waals surface area contributed by atoms with Gasteiger partial charge in [-0.05, 0) is 93.0 Å². The lowest BCUT2D eigenvalue weighted by Gasteiger charge is -2.14. The summed E-state index contributed by atoms with van der Waals surface area (Å²) in [6.45, 7) is 2.33. The lowest BCUT2D eigenvalue weighted by atomic mass is 10.1. The summed E-state index contributed by atoms with van der Waals surface area (Å²) in [5.74, 6) is -3.41. The minimum absolute atomic E-state index is 0.0398. The molecule has 16 nitrogen and oxygen atoms in total. The topological polar surface area (TPSA) is 259 Å². The summed E-state index contributed by atoms with van der Waals surface area (Å²) < 4.78 is 64.2. The SMILES string of the molecule is CCOC(=O)C(C)OC(=O)c1cc(Oc2ccc(C(F)(F)F)cc2Cl)ccc1[N+](=O)[O-].C[S+](C)C.N#Cc1cc(Br)c(O)c(Br)c1.O=C(O)CNCP(=O)([O-])O. The number of nitro benzene ring substituents is 1. The molecule has 0 saturated heterocycles. The molecule has 56 heavy (non-hydrogen) atoms. The molecule has 2 unspecified atom stereocenters. The van der Waals surface area contributed by atoms with E-state index in [-0.39, 0.29) is 28.9 Å². The number of carboxylic acids is 1. The van der Waals surface area contributed by atoms with Gasteiger partial charge >= 0.3 is 24.1 Å². The normalized spacial score (nSPS) is 12.0. The van der Waals surface area contributed by atoms with Crippen LogP contribution in [0.25, 0.3) is 0 Å².